The van der Waals surface area contributed by atoms with E-state index in [9.17, 15) is 14.2 Å². The molecule has 0 fully saturated rings. The second kappa shape index (κ2) is 40.5. The molecule has 0 bridgehead atoms. The van der Waals surface area contributed by atoms with E-state index in [0.717, 1.165) is 32.1 Å². The predicted octanol–water partition coefficient (Wildman–Crippen LogP) is 13.8. The first-order valence-electron chi connectivity index (χ1n) is 22.5. The van der Waals surface area contributed by atoms with Crippen LogP contribution in [0.1, 0.15) is 239 Å². The molecule has 2 N–H and O–H groups in total. The van der Waals surface area contributed by atoms with Gasteiger partial charge < -0.3 is 19.3 Å². The Labute approximate surface area is 327 Å². The van der Waals surface area contributed by atoms with Crippen LogP contribution >= 0.6 is 7.82 Å². The number of carbonyl (C=O) groups excluding carboxylic acids is 2. The van der Waals surface area contributed by atoms with E-state index in [1.54, 1.807) is 0 Å². The highest BCUT2D eigenvalue weighted by atomic mass is 31.2. The average Bonchev–Trinajstić information content (AvgIpc) is 3.13. The molecule has 0 aromatic heterocycles. The van der Waals surface area contributed by atoms with Gasteiger partial charge in [0.15, 0.2) is 6.10 Å². The highest BCUT2D eigenvalue weighted by molar-refractivity contribution is 7.46. The number of hydrogen-bond acceptors (Lipinski definition) is 6. The van der Waals surface area contributed by atoms with E-state index >= 15 is 0 Å². The van der Waals surface area contributed by atoms with Crippen molar-refractivity contribution < 1.29 is 37.9 Å². The second-order valence-electron chi connectivity index (χ2n) is 15.4. The van der Waals surface area contributed by atoms with E-state index in [-0.39, 0.29) is 19.4 Å². The zero-order valence-electron chi connectivity index (χ0n) is 34.7. The third-order valence-corrected chi connectivity index (χ3v) is 10.5. The van der Waals surface area contributed by atoms with Crippen LogP contribution in [0.25, 0.3) is 0 Å². The molecule has 0 unspecified atom stereocenters. The Morgan fingerprint density at radius 3 is 1.17 bits per heavy atom. The van der Waals surface area contributed by atoms with Gasteiger partial charge in [-0.3, -0.25) is 14.1 Å². The lowest BCUT2D eigenvalue weighted by Gasteiger charge is -2.18. The SMILES string of the molecule is CCCCCC/C=C/CCCCCCCCCCCC(=O)OC[C@H](COP(=O)(O)O)OC(=O)CCCCCCCCCCCCCCCCCCCC. The summed E-state index contributed by atoms with van der Waals surface area (Å²) in [6.07, 6.45) is 45.0. The van der Waals surface area contributed by atoms with Crippen molar-refractivity contribution in [3.05, 3.63) is 12.2 Å². The lowest BCUT2D eigenvalue weighted by molar-refractivity contribution is -0.161. The van der Waals surface area contributed by atoms with Gasteiger partial charge in [-0.1, -0.05) is 199 Å². The molecule has 0 heterocycles. The van der Waals surface area contributed by atoms with E-state index in [1.807, 2.05) is 0 Å². The maximum atomic E-state index is 12.4. The second-order valence-corrected chi connectivity index (χ2v) is 16.6. The van der Waals surface area contributed by atoms with Crippen LogP contribution in [0.5, 0.6) is 0 Å². The summed E-state index contributed by atoms with van der Waals surface area (Å²) < 4.78 is 26.4. The normalized spacial score (nSPS) is 12.5. The molecule has 0 aliphatic rings. The van der Waals surface area contributed by atoms with Crippen molar-refractivity contribution >= 4 is 19.8 Å². The minimum Gasteiger partial charge on any atom is -0.462 e. The molecule has 0 saturated carbocycles. The maximum absolute atomic E-state index is 12.4. The number of hydrogen-bond donors (Lipinski definition) is 2. The molecule has 314 valence electrons. The Balaban J connectivity index is 3.84. The van der Waals surface area contributed by atoms with Crippen LogP contribution in [0.15, 0.2) is 12.2 Å². The van der Waals surface area contributed by atoms with Crippen LogP contribution in [0.4, 0.5) is 0 Å². The van der Waals surface area contributed by atoms with Crippen molar-refractivity contribution in [2.75, 3.05) is 13.2 Å². The molecular formula is C44H85O8P. The summed E-state index contributed by atoms with van der Waals surface area (Å²) in [4.78, 5) is 42.9. The van der Waals surface area contributed by atoms with Crippen LogP contribution in [0, 0.1) is 0 Å². The number of rotatable bonds is 42. The summed E-state index contributed by atoms with van der Waals surface area (Å²) in [5, 5.41) is 0. The molecular weight excluding hydrogens is 687 g/mol. The first-order valence-corrected chi connectivity index (χ1v) is 24.0. The first kappa shape index (κ1) is 51.8. The number of esters is 2. The average molecular weight is 773 g/mol. The minimum atomic E-state index is -4.75. The standard InChI is InChI=1S/C44H85O8P/c1-3-5-7-9-11-13-15-17-19-21-23-25-27-29-31-33-35-37-39-44(46)52-42(41-51-53(47,48)49)40-50-43(45)38-36-34-32-30-28-26-24-22-20-18-16-14-12-10-8-6-4-2/h14,16,42H,3-13,15,17-41H2,1-2H3,(H2,47,48,49)/b16-14+/t42-/m1/s1. The number of phosphoric acid groups is 1. The predicted molar refractivity (Wildman–Crippen MR) is 221 cm³/mol. The Morgan fingerprint density at radius 1 is 0.472 bits per heavy atom. The summed E-state index contributed by atoms with van der Waals surface area (Å²) in [6.45, 7) is 3.71. The number of allylic oxidation sites excluding steroid dienone is 2. The molecule has 0 saturated heterocycles. The van der Waals surface area contributed by atoms with E-state index in [0.29, 0.717) is 6.42 Å². The Kier molecular flexibility index (Phi) is 39.5. The summed E-state index contributed by atoms with van der Waals surface area (Å²) in [5.41, 5.74) is 0. The number of phosphoric ester groups is 1. The van der Waals surface area contributed by atoms with E-state index in [4.69, 9.17) is 19.3 Å². The molecule has 0 amide bonds. The molecule has 0 rings (SSSR count). The fraction of sp³-hybridized carbons (Fsp3) is 0.909. The molecule has 8 nitrogen and oxygen atoms in total. The Hall–Kier alpha value is -1.21. The van der Waals surface area contributed by atoms with Crippen LogP contribution in [-0.4, -0.2) is 41.0 Å². The fourth-order valence-corrected chi connectivity index (χ4v) is 7.02. The quantitative estimate of drug-likeness (QED) is 0.0272. The highest BCUT2D eigenvalue weighted by Gasteiger charge is 2.23. The minimum absolute atomic E-state index is 0.218. The topological polar surface area (TPSA) is 119 Å². The monoisotopic (exact) mass is 773 g/mol. The van der Waals surface area contributed by atoms with E-state index in [2.05, 4.69) is 30.5 Å². The van der Waals surface area contributed by atoms with Gasteiger partial charge in [0.25, 0.3) is 0 Å². The van der Waals surface area contributed by atoms with Gasteiger partial charge in [0.2, 0.25) is 0 Å². The van der Waals surface area contributed by atoms with Gasteiger partial charge in [-0.25, -0.2) is 4.57 Å². The zero-order chi connectivity index (χ0) is 38.9. The smallest absolute Gasteiger partial charge is 0.462 e. The van der Waals surface area contributed by atoms with E-state index < -0.39 is 32.5 Å². The van der Waals surface area contributed by atoms with Gasteiger partial charge in [0.05, 0.1) is 6.61 Å². The van der Waals surface area contributed by atoms with Crippen molar-refractivity contribution in [2.45, 2.75) is 245 Å². The fourth-order valence-electron chi connectivity index (χ4n) is 6.66. The molecule has 0 aliphatic carbocycles. The van der Waals surface area contributed by atoms with Crippen molar-refractivity contribution in [2.24, 2.45) is 0 Å². The van der Waals surface area contributed by atoms with Gasteiger partial charge in [-0.15, -0.1) is 0 Å². The van der Waals surface area contributed by atoms with Crippen LogP contribution in [-0.2, 0) is 28.2 Å². The van der Waals surface area contributed by atoms with Crippen molar-refractivity contribution in [1.29, 1.82) is 0 Å². The lowest BCUT2D eigenvalue weighted by atomic mass is 10.0. The summed E-state index contributed by atoms with van der Waals surface area (Å²) in [7, 11) is -4.75. The number of unbranched alkanes of at least 4 members (excludes halogenated alkanes) is 30. The van der Waals surface area contributed by atoms with Gasteiger partial charge in [-0.2, -0.15) is 0 Å². The molecule has 53 heavy (non-hydrogen) atoms. The molecule has 1 atom stereocenters. The van der Waals surface area contributed by atoms with Crippen LogP contribution in [0.2, 0.25) is 0 Å². The van der Waals surface area contributed by atoms with Gasteiger partial charge in [0, 0.05) is 12.8 Å². The van der Waals surface area contributed by atoms with Crippen LogP contribution < -0.4 is 0 Å². The number of carbonyl (C=O) groups is 2. The molecule has 0 aromatic carbocycles. The Bertz CT molecular complexity index is 873. The number of ether oxygens (including phenoxy) is 2. The van der Waals surface area contributed by atoms with E-state index in [1.165, 1.54) is 173 Å². The largest absolute Gasteiger partial charge is 0.469 e. The van der Waals surface area contributed by atoms with Crippen LogP contribution in [0.3, 0.4) is 0 Å². The zero-order valence-corrected chi connectivity index (χ0v) is 35.6. The third-order valence-electron chi connectivity index (χ3n) is 10.0. The highest BCUT2D eigenvalue weighted by Crippen LogP contribution is 2.36. The molecule has 0 spiro atoms. The molecule has 0 aromatic rings. The third kappa shape index (κ3) is 43.4. The van der Waals surface area contributed by atoms with Gasteiger partial charge in [-0.05, 0) is 38.5 Å². The molecule has 0 aliphatic heterocycles. The van der Waals surface area contributed by atoms with Crippen molar-refractivity contribution in [3.63, 3.8) is 0 Å². The molecule has 0 radical (unpaired) electrons. The summed E-state index contributed by atoms with van der Waals surface area (Å²) in [5.74, 6) is -0.873. The summed E-state index contributed by atoms with van der Waals surface area (Å²) >= 11 is 0. The van der Waals surface area contributed by atoms with Gasteiger partial charge in [0.1, 0.15) is 6.61 Å². The molecule has 9 heteroatoms. The van der Waals surface area contributed by atoms with Crippen molar-refractivity contribution in [3.8, 4) is 0 Å². The summed E-state index contributed by atoms with van der Waals surface area (Å²) in [6, 6.07) is 0. The Morgan fingerprint density at radius 2 is 0.792 bits per heavy atom. The van der Waals surface area contributed by atoms with Crippen molar-refractivity contribution in [1.82, 2.24) is 0 Å². The lowest BCUT2D eigenvalue weighted by Crippen LogP contribution is -2.29. The van der Waals surface area contributed by atoms with Gasteiger partial charge >= 0.3 is 19.8 Å². The maximum Gasteiger partial charge on any atom is 0.469 e. The first-order chi connectivity index (χ1) is 25.8.